The van der Waals surface area contributed by atoms with Crippen LogP contribution in [0.4, 0.5) is 0 Å². The van der Waals surface area contributed by atoms with Crippen LogP contribution in [0.15, 0.2) is 72.8 Å². The smallest absolute Gasteiger partial charge is 0.193 e. The van der Waals surface area contributed by atoms with E-state index in [4.69, 9.17) is 4.74 Å². The standard InChI is InChI=1S/C22H18O4/c1-26-20-12-15(13-21(23)24)11-19(14-20)22(25)18-9-7-17(8-10-18)16-5-3-2-4-6-16/h2-12,14H,13H2,1H3,(H,23,24)/p-1. The van der Waals surface area contributed by atoms with E-state index in [2.05, 4.69) is 0 Å². The van der Waals surface area contributed by atoms with Crippen LogP contribution in [0.1, 0.15) is 21.5 Å². The molecule has 0 saturated carbocycles. The average molecular weight is 345 g/mol. The molecule has 0 fully saturated rings. The fourth-order valence-electron chi connectivity index (χ4n) is 2.79. The highest BCUT2D eigenvalue weighted by Gasteiger charge is 2.12. The number of carboxylic acids is 1. The van der Waals surface area contributed by atoms with Crippen molar-refractivity contribution in [3.05, 3.63) is 89.5 Å². The SMILES string of the molecule is COc1cc(CC(=O)[O-])cc(C(=O)c2ccc(-c3ccccc3)cc2)c1. The first-order chi connectivity index (χ1) is 12.6. The molecule has 0 aliphatic carbocycles. The Morgan fingerprint density at radius 2 is 1.50 bits per heavy atom. The highest BCUT2D eigenvalue weighted by molar-refractivity contribution is 6.09. The summed E-state index contributed by atoms with van der Waals surface area (Å²) in [6.07, 6.45) is -0.273. The lowest BCUT2D eigenvalue weighted by atomic mass is 9.97. The molecule has 0 N–H and O–H groups in total. The minimum atomic E-state index is -1.20. The topological polar surface area (TPSA) is 66.4 Å². The Morgan fingerprint density at radius 3 is 2.12 bits per heavy atom. The van der Waals surface area contributed by atoms with Gasteiger partial charge in [-0.15, -0.1) is 0 Å². The molecule has 26 heavy (non-hydrogen) atoms. The molecule has 0 unspecified atom stereocenters. The van der Waals surface area contributed by atoms with E-state index in [0.29, 0.717) is 22.4 Å². The van der Waals surface area contributed by atoms with E-state index in [0.717, 1.165) is 11.1 Å². The molecule has 0 bridgehead atoms. The Labute approximate surface area is 151 Å². The van der Waals surface area contributed by atoms with E-state index in [-0.39, 0.29) is 12.2 Å². The van der Waals surface area contributed by atoms with E-state index in [9.17, 15) is 14.7 Å². The van der Waals surface area contributed by atoms with Gasteiger partial charge in [-0.1, -0.05) is 54.6 Å². The molecule has 0 saturated heterocycles. The number of hydrogen-bond acceptors (Lipinski definition) is 4. The lowest BCUT2D eigenvalue weighted by Gasteiger charge is -2.10. The molecule has 4 nitrogen and oxygen atoms in total. The Bertz CT molecular complexity index is 928. The normalized spacial score (nSPS) is 10.3. The third-order valence-corrected chi connectivity index (χ3v) is 4.07. The van der Waals surface area contributed by atoms with Gasteiger partial charge in [0.05, 0.1) is 7.11 Å². The van der Waals surface area contributed by atoms with Gasteiger partial charge in [0.15, 0.2) is 5.78 Å². The maximum absolute atomic E-state index is 12.8. The molecule has 3 rings (SSSR count). The molecular formula is C22H17O4-. The zero-order valence-corrected chi connectivity index (χ0v) is 14.3. The Kier molecular flexibility index (Phi) is 5.13. The van der Waals surface area contributed by atoms with Crippen molar-refractivity contribution in [2.45, 2.75) is 6.42 Å². The second-order valence-corrected chi connectivity index (χ2v) is 5.89. The number of benzene rings is 3. The van der Waals surface area contributed by atoms with Crippen molar-refractivity contribution in [1.82, 2.24) is 0 Å². The summed E-state index contributed by atoms with van der Waals surface area (Å²) < 4.78 is 5.17. The zero-order valence-electron chi connectivity index (χ0n) is 14.3. The first kappa shape index (κ1) is 17.4. The maximum atomic E-state index is 12.8. The summed E-state index contributed by atoms with van der Waals surface area (Å²) in [4.78, 5) is 23.6. The third-order valence-electron chi connectivity index (χ3n) is 4.07. The van der Waals surface area contributed by atoms with Crippen LogP contribution in [0.5, 0.6) is 5.75 Å². The van der Waals surface area contributed by atoms with Crippen molar-refractivity contribution in [2.75, 3.05) is 7.11 Å². The highest BCUT2D eigenvalue weighted by Crippen LogP contribution is 2.23. The predicted octanol–water partition coefficient (Wildman–Crippen LogP) is 2.89. The molecule has 130 valence electrons. The summed E-state index contributed by atoms with van der Waals surface area (Å²) in [5, 5.41) is 10.9. The van der Waals surface area contributed by atoms with Gasteiger partial charge in [0, 0.05) is 23.5 Å². The van der Waals surface area contributed by atoms with Crippen molar-refractivity contribution in [2.24, 2.45) is 0 Å². The number of carbonyl (C=O) groups is 2. The number of carbonyl (C=O) groups excluding carboxylic acids is 2. The van der Waals surface area contributed by atoms with Gasteiger partial charge in [0.25, 0.3) is 0 Å². The monoisotopic (exact) mass is 345 g/mol. The number of ketones is 1. The van der Waals surface area contributed by atoms with Gasteiger partial charge in [0.1, 0.15) is 5.75 Å². The lowest BCUT2D eigenvalue weighted by Crippen LogP contribution is -2.24. The van der Waals surface area contributed by atoms with Crippen LogP contribution in [0.2, 0.25) is 0 Å². The van der Waals surface area contributed by atoms with E-state index in [1.807, 2.05) is 42.5 Å². The Balaban J connectivity index is 1.90. The number of aliphatic carboxylic acids is 1. The summed E-state index contributed by atoms with van der Waals surface area (Å²) in [5.74, 6) is -0.958. The zero-order chi connectivity index (χ0) is 18.5. The lowest BCUT2D eigenvalue weighted by molar-refractivity contribution is -0.304. The average Bonchev–Trinajstić information content (AvgIpc) is 2.67. The van der Waals surface area contributed by atoms with Crippen LogP contribution >= 0.6 is 0 Å². The molecule has 3 aromatic rings. The van der Waals surface area contributed by atoms with Crippen molar-refractivity contribution in [3.63, 3.8) is 0 Å². The van der Waals surface area contributed by atoms with Gasteiger partial charge in [-0.3, -0.25) is 4.79 Å². The minimum absolute atomic E-state index is 0.192. The van der Waals surface area contributed by atoms with Gasteiger partial charge in [-0.05, 0) is 34.9 Å². The molecular weight excluding hydrogens is 328 g/mol. The van der Waals surface area contributed by atoms with Crippen LogP contribution in [-0.4, -0.2) is 18.9 Å². The molecule has 0 heterocycles. The summed E-state index contributed by atoms with van der Waals surface area (Å²) >= 11 is 0. The third kappa shape index (κ3) is 3.98. The fourth-order valence-corrected chi connectivity index (χ4v) is 2.79. The summed E-state index contributed by atoms with van der Waals surface area (Å²) in [7, 11) is 1.47. The number of ether oxygens (including phenoxy) is 1. The number of rotatable bonds is 6. The van der Waals surface area contributed by atoms with Gasteiger partial charge < -0.3 is 14.6 Å². The van der Waals surface area contributed by atoms with Crippen LogP contribution < -0.4 is 9.84 Å². The molecule has 0 aliphatic heterocycles. The van der Waals surface area contributed by atoms with E-state index in [1.54, 1.807) is 30.3 Å². The van der Waals surface area contributed by atoms with Crippen LogP contribution in [0.25, 0.3) is 11.1 Å². The van der Waals surface area contributed by atoms with Crippen LogP contribution in [0, 0.1) is 0 Å². The number of methoxy groups -OCH3 is 1. The van der Waals surface area contributed by atoms with Crippen LogP contribution in [-0.2, 0) is 11.2 Å². The summed E-state index contributed by atoms with van der Waals surface area (Å²) in [6.45, 7) is 0. The van der Waals surface area contributed by atoms with Crippen molar-refractivity contribution in [1.29, 1.82) is 0 Å². The quantitative estimate of drug-likeness (QED) is 0.644. The van der Waals surface area contributed by atoms with E-state index in [1.165, 1.54) is 7.11 Å². The number of carboxylic acid groups (broad SMARTS) is 1. The van der Waals surface area contributed by atoms with E-state index < -0.39 is 5.97 Å². The van der Waals surface area contributed by atoms with Gasteiger partial charge >= 0.3 is 0 Å². The molecule has 0 radical (unpaired) electrons. The van der Waals surface area contributed by atoms with Gasteiger partial charge in [-0.2, -0.15) is 0 Å². The van der Waals surface area contributed by atoms with Gasteiger partial charge in [0.2, 0.25) is 0 Å². The van der Waals surface area contributed by atoms with Crippen LogP contribution in [0.3, 0.4) is 0 Å². The number of hydrogen-bond donors (Lipinski definition) is 0. The van der Waals surface area contributed by atoms with E-state index >= 15 is 0 Å². The maximum Gasteiger partial charge on any atom is 0.193 e. The molecule has 4 heteroatoms. The summed E-state index contributed by atoms with van der Waals surface area (Å²) in [5.41, 5.74) is 3.47. The fraction of sp³-hybridized carbons (Fsp3) is 0.0909. The summed E-state index contributed by atoms with van der Waals surface area (Å²) in [6, 6.07) is 22.0. The molecule has 0 aromatic heterocycles. The first-order valence-electron chi connectivity index (χ1n) is 8.15. The first-order valence-corrected chi connectivity index (χ1v) is 8.15. The van der Waals surface area contributed by atoms with Gasteiger partial charge in [-0.25, -0.2) is 0 Å². The molecule has 0 spiro atoms. The molecule has 0 amide bonds. The van der Waals surface area contributed by atoms with Crippen molar-refractivity contribution in [3.8, 4) is 16.9 Å². The highest BCUT2D eigenvalue weighted by atomic mass is 16.5. The molecule has 0 aliphatic rings. The van der Waals surface area contributed by atoms with Crippen molar-refractivity contribution < 1.29 is 19.4 Å². The molecule has 3 aromatic carbocycles. The predicted molar refractivity (Wildman–Crippen MR) is 97.0 cm³/mol. The van der Waals surface area contributed by atoms with Crippen molar-refractivity contribution >= 4 is 11.8 Å². The Morgan fingerprint density at radius 1 is 0.846 bits per heavy atom. The second kappa shape index (κ2) is 7.66. The molecule has 0 atom stereocenters. The Hall–Kier alpha value is -3.40. The minimum Gasteiger partial charge on any atom is -0.550 e. The largest absolute Gasteiger partial charge is 0.550 e. The second-order valence-electron chi connectivity index (χ2n) is 5.89.